The topological polar surface area (TPSA) is 60.3 Å². The summed E-state index contributed by atoms with van der Waals surface area (Å²) in [4.78, 5) is 24.3. The Bertz CT molecular complexity index is 589. The maximum absolute atomic E-state index is 12.2. The molecule has 2 aromatic rings. The van der Waals surface area contributed by atoms with Gasteiger partial charge in [-0.1, -0.05) is 0 Å². The van der Waals surface area contributed by atoms with Gasteiger partial charge in [-0.15, -0.1) is 11.3 Å². The van der Waals surface area contributed by atoms with Crippen molar-refractivity contribution in [2.45, 2.75) is 19.9 Å². The zero-order valence-electron chi connectivity index (χ0n) is 11.3. The number of thiophene rings is 1. The number of hydrogen-bond acceptors (Lipinski definition) is 4. The Balaban J connectivity index is 2.11. The molecule has 5 nitrogen and oxygen atoms in total. The molecule has 0 aliphatic rings. The lowest BCUT2D eigenvalue weighted by Crippen LogP contribution is -2.39. The van der Waals surface area contributed by atoms with Crippen LogP contribution in [0.1, 0.15) is 23.5 Å². The van der Waals surface area contributed by atoms with Crippen LogP contribution >= 0.6 is 11.3 Å². The molecule has 1 unspecified atom stereocenters. The first-order valence-corrected chi connectivity index (χ1v) is 7.19. The number of amides is 1. The number of rotatable bonds is 5. The average Bonchev–Trinajstić information content (AvgIpc) is 3.09. The first-order valence-electron chi connectivity index (χ1n) is 6.31. The minimum Gasteiger partial charge on any atom is -0.464 e. The Morgan fingerprint density at radius 3 is 2.75 bits per heavy atom. The van der Waals surface area contributed by atoms with Crippen LogP contribution in [0.3, 0.4) is 0 Å². The van der Waals surface area contributed by atoms with Crippen molar-refractivity contribution in [2.75, 3.05) is 6.61 Å². The summed E-state index contributed by atoms with van der Waals surface area (Å²) in [6, 6.07) is 4.98. The zero-order chi connectivity index (χ0) is 14.5. The minimum atomic E-state index is -0.665. The molecule has 0 spiro atoms. The predicted molar refractivity (Wildman–Crippen MR) is 77.2 cm³/mol. The van der Waals surface area contributed by atoms with E-state index in [0.717, 1.165) is 5.69 Å². The highest BCUT2D eigenvalue weighted by molar-refractivity contribution is 7.12. The van der Waals surface area contributed by atoms with E-state index in [-0.39, 0.29) is 5.91 Å². The first-order chi connectivity index (χ1) is 9.63. The predicted octanol–water partition coefficient (Wildman–Crippen LogP) is 2.22. The SMILES string of the molecule is CCOC(=O)C(C)NC(=O)c1sccc1-n1cccc1. The van der Waals surface area contributed by atoms with E-state index in [1.54, 1.807) is 13.8 Å². The first kappa shape index (κ1) is 14.3. The van der Waals surface area contributed by atoms with Crippen LogP contribution in [0.15, 0.2) is 36.0 Å². The third kappa shape index (κ3) is 3.08. The lowest BCUT2D eigenvalue weighted by Gasteiger charge is -2.12. The maximum Gasteiger partial charge on any atom is 0.328 e. The van der Waals surface area contributed by atoms with Gasteiger partial charge in [-0.05, 0) is 37.4 Å². The van der Waals surface area contributed by atoms with Gasteiger partial charge in [0.2, 0.25) is 0 Å². The third-order valence-electron chi connectivity index (χ3n) is 2.72. The summed E-state index contributed by atoms with van der Waals surface area (Å²) in [6.45, 7) is 3.64. The highest BCUT2D eigenvalue weighted by atomic mass is 32.1. The van der Waals surface area contributed by atoms with Crippen LogP contribution in [0, 0.1) is 0 Å². The molecule has 0 bridgehead atoms. The molecule has 106 valence electrons. The van der Waals surface area contributed by atoms with Gasteiger partial charge in [0.1, 0.15) is 10.9 Å². The van der Waals surface area contributed by atoms with Gasteiger partial charge < -0.3 is 14.6 Å². The monoisotopic (exact) mass is 292 g/mol. The van der Waals surface area contributed by atoms with Gasteiger partial charge in [0.15, 0.2) is 0 Å². The molecule has 1 amide bonds. The average molecular weight is 292 g/mol. The number of ether oxygens (including phenoxy) is 1. The Labute approximate surface area is 121 Å². The van der Waals surface area contributed by atoms with E-state index in [4.69, 9.17) is 4.74 Å². The van der Waals surface area contributed by atoms with Crippen molar-refractivity contribution in [3.8, 4) is 5.69 Å². The number of esters is 1. The molecule has 0 fully saturated rings. The summed E-state index contributed by atoms with van der Waals surface area (Å²) in [6.07, 6.45) is 3.74. The molecule has 20 heavy (non-hydrogen) atoms. The van der Waals surface area contributed by atoms with Crippen LogP contribution in [0.2, 0.25) is 0 Å². The summed E-state index contributed by atoms with van der Waals surface area (Å²) in [5.41, 5.74) is 0.800. The summed E-state index contributed by atoms with van der Waals surface area (Å²) < 4.78 is 6.73. The van der Waals surface area contributed by atoms with Gasteiger partial charge in [0.05, 0.1) is 12.3 Å². The molecule has 0 aliphatic carbocycles. The van der Waals surface area contributed by atoms with Crippen LogP contribution in [-0.2, 0) is 9.53 Å². The van der Waals surface area contributed by atoms with Gasteiger partial charge in [-0.2, -0.15) is 0 Å². The number of aromatic nitrogens is 1. The highest BCUT2D eigenvalue weighted by Gasteiger charge is 2.20. The Kier molecular flexibility index (Phi) is 4.57. The fraction of sp³-hybridized carbons (Fsp3) is 0.286. The molecule has 1 N–H and O–H groups in total. The maximum atomic E-state index is 12.2. The van der Waals surface area contributed by atoms with Crippen molar-refractivity contribution in [1.29, 1.82) is 0 Å². The number of nitrogens with zero attached hydrogens (tertiary/aromatic N) is 1. The Hall–Kier alpha value is -2.08. The van der Waals surface area contributed by atoms with E-state index in [2.05, 4.69) is 5.32 Å². The van der Waals surface area contributed by atoms with Gasteiger partial charge in [0, 0.05) is 12.4 Å². The molecule has 0 aromatic carbocycles. The van der Waals surface area contributed by atoms with Crippen LogP contribution < -0.4 is 5.32 Å². The molecule has 0 radical (unpaired) electrons. The lowest BCUT2D eigenvalue weighted by molar-refractivity contribution is -0.144. The van der Waals surface area contributed by atoms with E-state index >= 15 is 0 Å². The quantitative estimate of drug-likeness (QED) is 0.860. The molecular formula is C14H16N2O3S. The molecule has 2 aromatic heterocycles. The van der Waals surface area contributed by atoms with Gasteiger partial charge in [-0.3, -0.25) is 4.79 Å². The second-order valence-electron chi connectivity index (χ2n) is 4.17. The largest absolute Gasteiger partial charge is 0.464 e. The van der Waals surface area contributed by atoms with E-state index < -0.39 is 12.0 Å². The van der Waals surface area contributed by atoms with Gasteiger partial charge in [-0.25, -0.2) is 4.79 Å². The molecule has 0 aliphatic heterocycles. The summed E-state index contributed by atoms with van der Waals surface area (Å²) in [5, 5.41) is 4.50. The molecule has 6 heteroatoms. The molecule has 1 atom stereocenters. The van der Waals surface area contributed by atoms with E-state index in [1.165, 1.54) is 11.3 Å². The van der Waals surface area contributed by atoms with Crippen molar-refractivity contribution in [1.82, 2.24) is 9.88 Å². The third-order valence-corrected chi connectivity index (χ3v) is 3.62. The Morgan fingerprint density at radius 1 is 1.40 bits per heavy atom. The zero-order valence-corrected chi connectivity index (χ0v) is 12.1. The van der Waals surface area contributed by atoms with Crippen molar-refractivity contribution in [3.63, 3.8) is 0 Å². The Morgan fingerprint density at radius 2 is 2.10 bits per heavy atom. The van der Waals surface area contributed by atoms with E-state index in [9.17, 15) is 9.59 Å². The standard InChI is InChI=1S/C14H16N2O3S/c1-3-19-14(18)10(2)15-13(17)12-11(6-9-20-12)16-7-4-5-8-16/h4-10H,3H2,1-2H3,(H,15,17). The van der Waals surface area contributed by atoms with Crippen LogP contribution in [-0.4, -0.2) is 29.1 Å². The van der Waals surface area contributed by atoms with Crippen molar-refractivity contribution >= 4 is 23.2 Å². The lowest BCUT2D eigenvalue weighted by atomic mass is 10.3. The number of hydrogen-bond donors (Lipinski definition) is 1. The van der Waals surface area contributed by atoms with Crippen LogP contribution in [0.25, 0.3) is 5.69 Å². The second-order valence-corrected chi connectivity index (χ2v) is 5.09. The smallest absolute Gasteiger partial charge is 0.328 e. The van der Waals surface area contributed by atoms with Crippen molar-refractivity contribution in [2.24, 2.45) is 0 Å². The number of carbonyl (C=O) groups excluding carboxylic acids is 2. The van der Waals surface area contributed by atoms with E-state index in [1.807, 2.05) is 40.5 Å². The molecule has 0 saturated carbocycles. The van der Waals surface area contributed by atoms with Crippen molar-refractivity contribution < 1.29 is 14.3 Å². The number of carbonyl (C=O) groups is 2. The minimum absolute atomic E-state index is 0.274. The summed E-state index contributed by atoms with van der Waals surface area (Å²) >= 11 is 1.34. The fourth-order valence-electron chi connectivity index (χ4n) is 1.76. The van der Waals surface area contributed by atoms with Gasteiger partial charge in [0.25, 0.3) is 5.91 Å². The van der Waals surface area contributed by atoms with Crippen LogP contribution in [0.5, 0.6) is 0 Å². The molecular weight excluding hydrogens is 276 g/mol. The highest BCUT2D eigenvalue weighted by Crippen LogP contribution is 2.21. The van der Waals surface area contributed by atoms with Gasteiger partial charge >= 0.3 is 5.97 Å². The second kappa shape index (κ2) is 6.38. The fourth-order valence-corrected chi connectivity index (χ4v) is 2.55. The van der Waals surface area contributed by atoms with Crippen LogP contribution in [0.4, 0.5) is 0 Å². The summed E-state index contributed by atoms with van der Waals surface area (Å²) in [5.74, 6) is -0.704. The van der Waals surface area contributed by atoms with E-state index in [0.29, 0.717) is 11.5 Å². The molecule has 0 saturated heterocycles. The number of nitrogens with one attached hydrogen (secondary N) is 1. The molecule has 2 heterocycles. The normalized spacial score (nSPS) is 11.9. The molecule has 2 rings (SSSR count). The van der Waals surface area contributed by atoms with Crippen molar-refractivity contribution in [3.05, 3.63) is 40.8 Å². The summed E-state index contributed by atoms with van der Waals surface area (Å²) in [7, 11) is 0.